The molecule has 1 heterocycles. The summed E-state index contributed by atoms with van der Waals surface area (Å²) >= 11 is 0. The van der Waals surface area contributed by atoms with Crippen LogP contribution in [0.5, 0.6) is 5.75 Å². The van der Waals surface area contributed by atoms with E-state index in [4.69, 9.17) is 0 Å². The van der Waals surface area contributed by atoms with E-state index in [-0.39, 0.29) is 0 Å². The highest BCUT2D eigenvalue weighted by Crippen LogP contribution is 2.32. The molecule has 88 valence electrons. The van der Waals surface area contributed by atoms with Crippen LogP contribution in [0, 0.1) is 5.92 Å². The third-order valence-electron chi connectivity index (χ3n) is 3.67. The van der Waals surface area contributed by atoms with Crippen LogP contribution in [0.3, 0.4) is 0 Å². The van der Waals surface area contributed by atoms with Crippen molar-refractivity contribution in [2.45, 2.75) is 32.1 Å². The normalized spacial score (nSPS) is 22.9. The molecule has 2 atom stereocenters. The fourth-order valence-corrected chi connectivity index (χ4v) is 2.78. The molecule has 1 aliphatic heterocycles. The van der Waals surface area contributed by atoms with Gasteiger partial charge >= 0.3 is 0 Å². The second kappa shape index (κ2) is 5.35. The number of aromatic hydroxyl groups is 1. The van der Waals surface area contributed by atoms with Gasteiger partial charge in [0.25, 0.3) is 0 Å². The predicted molar refractivity (Wildman–Crippen MR) is 66.7 cm³/mol. The number of phenols is 1. The van der Waals surface area contributed by atoms with Gasteiger partial charge < -0.3 is 10.4 Å². The van der Waals surface area contributed by atoms with Crippen LogP contribution in [0.15, 0.2) is 24.3 Å². The van der Waals surface area contributed by atoms with Crippen LogP contribution in [0.2, 0.25) is 0 Å². The van der Waals surface area contributed by atoms with Gasteiger partial charge in [0.1, 0.15) is 5.75 Å². The van der Waals surface area contributed by atoms with Crippen molar-refractivity contribution in [1.29, 1.82) is 0 Å². The molecule has 0 aliphatic carbocycles. The number of nitrogens with one attached hydrogen (secondary N) is 1. The monoisotopic (exact) mass is 219 g/mol. The summed E-state index contributed by atoms with van der Waals surface area (Å²) in [6.07, 6.45) is 3.79. The molecule has 0 spiro atoms. The Balaban J connectivity index is 2.11. The number of hydrogen-bond donors (Lipinski definition) is 2. The lowest BCUT2D eigenvalue weighted by molar-refractivity contribution is 0.316. The van der Waals surface area contributed by atoms with Crippen molar-refractivity contribution in [3.8, 4) is 5.75 Å². The van der Waals surface area contributed by atoms with E-state index in [0.29, 0.717) is 11.7 Å². The zero-order valence-corrected chi connectivity index (χ0v) is 9.95. The van der Waals surface area contributed by atoms with Crippen LogP contribution in [0.25, 0.3) is 0 Å². The van der Waals surface area contributed by atoms with E-state index < -0.39 is 0 Å². The number of phenolic OH excluding ortho intramolecular Hbond substituents is 1. The molecule has 2 nitrogen and oxygen atoms in total. The molecule has 16 heavy (non-hydrogen) atoms. The molecule has 0 bridgehead atoms. The van der Waals surface area contributed by atoms with Crippen LogP contribution in [-0.4, -0.2) is 18.2 Å². The minimum Gasteiger partial charge on any atom is -0.508 e. The molecule has 0 aromatic heterocycles. The molecule has 1 aliphatic rings. The number of piperidine rings is 1. The van der Waals surface area contributed by atoms with Gasteiger partial charge in [0.15, 0.2) is 0 Å². The largest absolute Gasteiger partial charge is 0.508 e. The minimum absolute atomic E-state index is 0.361. The van der Waals surface area contributed by atoms with Crippen molar-refractivity contribution in [3.05, 3.63) is 29.8 Å². The fourth-order valence-electron chi connectivity index (χ4n) is 2.78. The first-order valence-corrected chi connectivity index (χ1v) is 6.31. The predicted octanol–water partition coefficient (Wildman–Crippen LogP) is 2.89. The van der Waals surface area contributed by atoms with Crippen molar-refractivity contribution in [2.75, 3.05) is 13.1 Å². The quantitative estimate of drug-likeness (QED) is 0.819. The Morgan fingerprint density at radius 3 is 2.69 bits per heavy atom. The lowest BCUT2D eigenvalue weighted by Gasteiger charge is -2.30. The summed E-state index contributed by atoms with van der Waals surface area (Å²) in [4.78, 5) is 0. The zero-order valence-electron chi connectivity index (χ0n) is 9.95. The highest BCUT2D eigenvalue weighted by molar-refractivity contribution is 5.28. The summed E-state index contributed by atoms with van der Waals surface area (Å²) < 4.78 is 0. The number of hydrogen-bond acceptors (Lipinski definition) is 2. The van der Waals surface area contributed by atoms with Crippen LogP contribution in [-0.2, 0) is 0 Å². The Morgan fingerprint density at radius 2 is 2.12 bits per heavy atom. The summed E-state index contributed by atoms with van der Waals surface area (Å²) in [6, 6.07) is 7.73. The zero-order chi connectivity index (χ0) is 11.4. The molecule has 1 fully saturated rings. The van der Waals surface area contributed by atoms with E-state index in [1.165, 1.54) is 31.4 Å². The summed E-state index contributed by atoms with van der Waals surface area (Å²) in [5.74, 6) is 1.75. The Kier molecular flexibility index (Phi) is 3.83. The molecule has 0 radical (unpaired) electrons. The Labute approximate surface area is 97.7 Å². The number of benzene rings is 1. The van der Waals surface area contributed by atoms with Gasteiger partial charge in [-0.15, -0.1) is 0 Å². The Morgan fingerprint density at radius 1 is 1.38 bits per heavy atom. The molecule has 0 saturated carbocycles. The van der Waals surface area contributed by atoms with Gasteiger partial charge in [0, 0.05) is 0 Å². The number of rotatable bonds is 3. The second-order valence-corrected chi connectivity index (χ2v) is 4.71. The average Bonchev–Trinajstić information content (AvgIpc) is 2.34. The molecule has 2 rings (SSSR count). The van der Waals surface area contributed by atoms with E-state index in [2.05, 4.69) is 24.4 Å². The first kappa shape index (κ1) is 11.5. The van der Waals surface area contributed by atoms with Gasteiger partial charge in [-0.1, -0.05) is 19.1 Å². The first-order chi connectivity index (χ1) is 7.81. The molecular weight excluding hydrogens is 198 g/mol. The van der Waals surface area contributed by atoms with Crippen molar-refractivity contribution in [1.82, 2.24) is 5.32 Å². The van der Waals surface area contributed by atoms with Crippen LogP contribution >= 0.6 is 0 Å². The minimum atomic E-state index is 0.361. The van der Waals surface area contributed by atoms with E-state index in [1.54, 1.807) is 12.1 Å². The van der Waals surface area contributed by atoms with Crippen LogP contribution in [0.1, 0.15) is 37.7 Å². The van der Waals surface area contributed by atoms with Gasteiger partial charge in [0.05, 0.1) is 0 Å². The van der Waals surface area contributed by atoms with Gasteiger partial charge in [-0.25, -0.2) is 0 Å². The van der Waals surface area contributed by atoms with Crippen molar-refractivity contribution in [2.24, 2.45) is 5.92 Å². The maximum absolute atomic E-state index is 9.31. The van der Waals surface area contributed by atoms with E-state index >= 15 is 0 Å². The second-order valence-electron chi connectivity index (χ2n) is 4.71. The van der Waals surface area contributed by atoms with Gasteiger partial charge in [-0.2, -0.15) is 0 Å². The summed E-state index contributed by atoms with van der Waals surface area (Å²) in [6.45, 7) is 4.56. The molecule has 2 unspecified atom stereocenters. The maximum atomic E-state index is 9.31. The SMILES string of the molecule is CCC(c1ccc(O)cc1)C1CCCNC1. The van der Waals surface area contributed by atoms with Gasteiger partial charge in [0.2, 0.25) is 0 Å². The van der Waals surface area contributed by atoms with Crippen molar-refractivity contribution in [3.63, 3.8) is 0 Å². The fraction of sp³-hybridized carbons (Fsp3) is 0.571. The topological polar surface area (TPSA) is 32.3 Å². The molecule has 1 aromatic rings. The lowest BCUT2D eigenvalue weighted by atomic mass is 9.80. The lowest BCUT2D eigenvalue weighted by Crippen LogP contribution is -2.33. The summed E-state index contributed by atoms with van der Waals surface area (Å²) in [5.41, 5.74) is 1.37. The van der Waals surface area contributed by atoms with Crippen molar-refractivity contribution >= 4 is 0 Å². The van der Waals surface area contributed by atoms with Gasteiger partial charge in [-0.05, 0) is 61.9 Å². The molecule has 0 amide bonds. The smallest absolute Gasteiger partial charge is 0.115 e. The van der Waals surface area contributed by atoms with E-state index in [1.807, 2.05) is 0 Å². The maximum Gasteiger partial charge on any atom is 0.115 e. The standard InChI is InChI=1S/C14H21NO/c1-2-14(12-4-3-9-15-10-12)11-5-7-13(16)8-6-11/h5-8,12,14-16H,2-4,9-10H2,1H3. The molecular formula is C14H21NO. The summed E-state index contributed by atoms with van der Waals surface area (Å²) in [7, 11) is 0. The third-order valence-corrected chi connectivity index (χ3v) is 3.67. The van der Waals surface area contributed by atoms with Crippen molar-refractivity contribution < 1.29 is 5.11 Å². The van der Waals surface area contributed by atoms with E-state index in [9.17, 15) is 5.11 Å². The highest BCUT2D eigenvalue weighted by atomic mass is 16.3. The summed E-state index contributed by atoms with van der Waals surface area (Å²) in [5, 5.41) is 12.8. The average molecular weight is 219 g/mol. The first-order valence-electron chi connectivity index (χ1n) is 6.31. The molecule has 2 heteroatoms. The Hall–Kier alpha value is -1.02. The van der Waals surface area contributed by atoms with Crippen LogP contribution in [0.4, 0.5) is 0 Å². The third kappa shape index (κ3) is 2.56. The molecule has 1 saturated heterocycles. The molecule has 2 N–H and O–H groups in total. The highest BCUT2D eigenvalue weighted by Gasteiger charge is 2.23. The Bertz CT molecular complexity index is 314. The van der Waals surface area contributed by atoms with Crippen LogP contribution < -0.4 is 5.32 Å². The van der Waals surface area contributed by atoms with Gasteiger partial charge in [-0.3, -0.25) is 0 Å². The molecule has 1 aromatic carbocycles. The van der Waals surface area contributed by atoms with E-state index in [0.717, 1.165) is 12.5 Å².